The molecule has 8 aromatic carbocycles. The number of hydrogen-bond acceptors (Lipinski definition) is 5. The van der Waals surface area contributed by atoms with Crippen molar-refractivity contribution in [2.24, 2.45) is 0 Å². The molecule has 5 heteroatoms. The van der Waals surface area contributed by atoms with E-state index in [4.69, 9.17) is 33.4 Å². The lowest BCUT2D eigenvalue weighted by molar-refractivity contribution is 0.668. The molecule has 11 aromatic rings. The lowest BCUT2D eigenvalue weighted by Crippen LogP contribution is -2.00. The second kappa shape index (κ2) is 11.2. The number of furan rings is 2. The maximum Gasteiger partial charge on any atom is 0.164 e. The van der Waals surface area contributed by atoms with Crippen LogP contribution in [0, 0.1) is 0 Å². The first-order chi connectivity index (χ1) is 28.7. The van der Waals surface area contributed by atoms with Gasteiger partial charge < -0.3 is 8.83 Å². The summed E-state index contributed by atoms with van der Waals surface area (Å²) in [6.07, 6.45) is 0. The number of benzene rings is 8. The molecule has 0 amide bonds. The van der Waals surface area contributed by atoms with E-state index < -0.39 is 42.3 Å². The van der Waals surface area contributed by atoms with E-state index in [1.54, 1.807) is 0 Å². The number of hydrogen-bond donors (Lipinski definition) is 0. The molecular weight excluding hydrogens is 639 g/mol. The molecule has 0 N–H and O–H groups in total. The van der Waals surface area contributed by atoms with Crippen molar-refractivity contribution in [3.8, 4) is 45.3 Å². The molecule has 0 unspecified atom stereocenters. The molecule has 5 nitrogen and oxygen atoms in total. The summed E-state index contributed by atoms with van der Waals surface area (Å²) in [6.45, 7) is 0. The Labute approximate surface area is 307 Å². The zero-order valence-electron chi connectivity index (χ0n) is 34.2. The number of rotatable bonds is 4. The van der Waals surface area contributed by atoms with Crippen LogP contribution in [0.3, 0.4) is 0 Å². The Morgan fingerprint density at radius 3 is 2.00 bits per heavy atom. The minimum absolute atomic E-state index is 0.00703. The average molecular weight is 673 g/mol. The molecule has 0 fully saturated rings. The summed E-state index contributed by atoms with van der Waals surface area (Å²) in [4.78, 5) is 14.7. The average Bonchev–Trinajstić information content (AvgIpc) is 3.86. The zero-order valence-corrected chi connectivity index (χ0v) is 27.2. The number of para-hydroxylation sites is 1. The van der Waals surface area contributed by atoms with Crippen molar-refractivity contribution >= 4 is 65.4 Å². The standard InChI is InChI=1S/C47H27N3O2/c1-2-13-29(14-3-1)45-48-46(50-47(49-45)36-21-11-23-41-44(36)35-19-8-9-22-39(35)51-41)30-24-25-40-38(26-30)43-34-18-7-6-17-33(34)37(27-42(43)52-40)32-20-10-15-28-12-4-5-16-31(28)32/h1-27H/i8D,9D,11D,19D,21D,22D,23D. The zero-order chi connectivity index (χ0) is 40.3. The highest BCUT2D eigenvalue weighted by Gasteiger charge is 2.20. The summed E-state index contributed by atoms with van der Waals surface area (Å²) in [5.74, 6) is 0.511. The van der Waals surface area contributed by atoms with Gasteiger partial charge >= 0.3 is 0 Å². The quantitative estimate of drug-likeness (QED) is 0.186. The fourth-order valence-electron chi connectivity index (χ4n) is 7.32. The van der Waals surface area contributed by atoms with Crippen LogP contribution in [0.1, 0.15) is 9.60 Å². The lowest BCUT2D eigenvalue weighted by atomic mass is 9.92. The molecule has 3 aromatic heterocycles. The van der Waals surface area contributed by atoms with Gasteiger partial charge in [-0.3, -0.25) is 0 Å². The van der Waals surface area contributed by atoms with Crippen LogP contribution in [0.25, 0.3) is 111 Å². The Morgan fingerprint density at radius 2 is 1.10 bits per heavy atom. The van der Waals surface area contributed by atoms with Gasteiger partial charge in [-0.05, 0) is 69.0 Å². The highest BCUT2D eigenvalue weighted by Crippen LogP contribution is 2.43. The van der Waals surface area contributed by atoms with Crippen LogP contribution in [0.15, 0.2) is 172 Å². The fourth-order valence-corrected chi connectivity index (χ4v) is 7.32. The van der Waals surface area contributed by atoms with E-state index in [9.17, 15) is 0 Å². The van der Waals surface area contributed by atoms with Crippen molar-refractivity contribution in [2.45, 2.75) is 0 Å². The van der Waals surface area contributed by atoms with Crippen molar-refractivity contribution in [2.75, 3.05) is 0 Å². The van der Waals surface area contributed by atoms with Crippen LogP contribution in [-0.4, -0.2) is 15.0 Å². The Bertz CT molecular complexity index is 3600. The van der Waals surface area contributed by atoms with Gasteiger partial charge in [0.1, 0.15) is 22.3 Å². The highest BCUT2D eigenvalue weighted by atomic mass is 16.3. The van der Waals surface area contributed by atoms with Gasteiger partial charge in [-0.1, -0.05) is 127 Å². The maximum atomic E-state index is 9.16. The van der Waals surface area contributed by atoms with E-state index in [1.165, 1.54) is 0 Å². The third-order valence-corrected chi connectivity index (χ3v) is 9.65. The van der Waals surface area contributed by atoms with Crippen LogP contribution >= 0.6 is 0 Å². The molecule has 0 spiro atoms. The van der Waals surface area contributed by atoms with Crippen molar-refractivity contribution in [3.63, 3.8) is 0 Å². The van der Waals surface area contributed by atoms with Crippen molar-refractivity contribution in [1.82, 2.24) is 15.0 Å². The van der Waals surface area contributed by atoms with Crippen molar-refractivity contribution in [3.05, 3.63) is 164 Å². The van der Waals surface area contributed by atoms with Crippen LogP contribution in [-0.2, 0) is 0 Å². The topological polar surface area (TPSA) is 65.0 Å². The molecule has 0 saturated heterocycles. The summed E-state index contributed by atoms with van der Waals surface area (Å²) in [7, 11) is 0. The molecule has 11 rings (SSSR count). The highest BCUT2D eigenvalue weighted by molar-refractivity contribution is 6.23. The summed E-state index contributed by atoms with van der Waals surface area (Å²) >= 11 is 0. The van der Waals surface area contributed by atoms with Crippen LogP contribution in [0.4, 0.5) is 0 Å². The molecule has 0 aliphatic rings. The van der Waals surface area contributed by atoms with Crippen LogP contribution < -0.4 is 0 Å². The largest absolute Gasteiger partial charge is 0.456 e. The molecule has 242 valence electrons. The molecule has 0 atom stereocenters. The molecule has 0 radical (unpaired) electrons. The number of nitrogens with zero attached hydrogens (tertiary/aromatic N) is 3. The summed E-state index contributed by atoms with van der Waals surface area (Å²) in [5, 5.41) is 6.18. The van der Waals surface area contributed by atoms with Gasteiger partial charge in [-0.15, -0.1) is 0 Å². The predicted octanol–water partition coefficient (Wildman–Crippen LogP) is 12.6. The lowest BCUT2D eigenvalue weighted by Gasteiger charge is -2.11. The van der Waals surface area contributed by atoms with Gasteiger partial charge in [0.15, 0.2) is 17.5 Å². The van der Waals surface area contributed by atoms with E-state index in [0.29, 0.717) is 16.7 Å². The van der Waals surface area contributed by atoms with Gasteiger partial charge in [0.25, 0.3) is 0 Å². The van der Waals surface area contributed by atoms with E-state index in [0.717, 1.165) is 49.0 Å². The molecule has 0 saturated carbocycles. The minimum Gasteiger partial charge on any atom is -0.456 e. The van der Waals surface area contributed by atoms with Gasteiger partial charge in [-0.25, -0.2) is 15.0 Å². The maximum absolute atomic E-state index is 9.16. The SMILES string of the molecule is [2H]c1c([2H])c([2H])c2c(oc3c([2H])c([2H])c([2H])c(-c4nc(-c5ccccc5)nc(-c5ccc6oc7cc(-c8cccc9ccccc89)c8ccccc8c7c6c5)n4)c32)c1[2H]. The van der Waals surface area contributed by atoms with Crippen LogP contribution in [0.5, 0.6) is 0 Å². The Hall–Kier alpha value is -7.11. The Balaban J connectivity index is 1.18. The van der Waals surface area contributed by atoms with Gasteiger partial charge in [-0.2, -0.15) is 0 Å². The Kier molecular flexibility index (Phi) is 4.86. The molecule has 52 heavy (non-hydrogen) atoms. The molecule has 0 bridgehead atoms. The summed E-state index contributed by atoms with van der Waals surface area (Å²) < 4.78 is 73.3. The van der Waals surface area contributed by atoms with Crippen LogP contribution in [0.2, 0.25) is 0 Å². The monoisotopic (exact) mass is 672 g/mol. The summed E-state index contributed by atoms with van der Waals surface area (Å²) in [6, 6.07) is 36.9. The van der Waals surface area contributed by atoms with E-state index in [2.05, 4.69) is 48.5 Å². The number of aromatic nitrogens is 3. The van der Waals surface area contributed by atoms with Gasteiger partial charge in [0, 0.05) is 38.2 Å². The third-order valence-electron chi connectivity index (χ3n) is 9.65. The minimum atomic E-state index is -0.500. The smallest absolute Gasteiger partial charge is 0.164 e. The first-order valence-corrected chi connectivity index (χ1v) is 16.8. The van der Waals surface area contributed by atoms with Gasteiger partial charge in [0.2, 0.25) is 0 Å². The first-order valence-electron chi connectivity index (χ1n) is 20.3. The fraction of sp³-hybridized carbons (Fsp3) is 0. The van der Waals surface area contributed by atoms with Gasteiger partial charge in [0.05, 0.1) is 9.60 Å². The number of fused-ring (bicyclic) bond motifs is 9. The normalized spacial score (nSPS) is 13.7. The van der Waals surface area contributed by atoms with E-state index in [-0.39, 0.29) is 45.0 Å². The third kappa shape index (κ3) is 4.39. The van der Waals surface area contributed by atoms with Crippen molar-refractivity contribution in [1.29, 1.82) is 0 Å². The first kappa shape index (κ1) is 22.6. The molecule has 0 aliphatic carbocycles. The molecule has 0 aliphatic heterocycles. The van der Waals surface area contributed by atoms with E-state index >= 15 is 0 Å². The predicted molar refractivity (Wildman–Crippen MR) is 211 cm³/mol. The van der Waals surface area contributed by atoms with Crippen molar-refractivity contribution < 1.29 is 18.4 Å². The Morgan fingerprint density at radius 1 is 0.385 bits per heavy atom. The molecular formula is C47H27N3O2. The summed E-state index contributed by atoms with van der Waals surface area (Å²) in [5.41, 5.74) is 4.47. The molecule has 3 heterocycles. The second-order valence-corrected chi connectivity index (χ2v) is 12.6. The van der Waals surface area contributed by atoms with E-state index in [1.807, 2.05) is 72.8 Å². The second-order valence-electron chi connectivity index (χ2n) is 12.6.